The quantitative estimate of drug-likeness (QED) is 0.626. The molecule has 72 valence electrons. The van der Waals surface area contributed by atoms with Crippen molar-refractivity contribution >= 4 is 5.78 Å². The van der Waals surface area contributed by atoms with Crippen LogP contribution in [0.5, 0.6) is 0 Å². The first kappa shape index (κ1) is 11.6. The maximum Gasteiger partial charge on any atom is 0.169 e. The summed E-state index contributed by atoms with van der Waals surface area (Å²) in [7, 11) is 0. The maximum absolute atomic E-state index is 13.1. The van der Waals surface area contributed by atoms with Crippen molar-refractivity contribution in [2.45, 2.75) is 46.7 Å². The van der Waals surface area contributed by atoms with Gasteiger partial charge in [0.05, 0.1) is 0 Å². The Morgan fingerprint density at radius 3 is 2.00 bits per heavy atom. The summed E-state index contributed by atoms with van der Waals surface area (Å²) in [6.45, 7) is 7.55. The van der Waals surface area contributed by atoms with Crippen LogP contribution in [-0.4, -0.2) is 12.0 Å². The van der Waals surface area contributed by atoms with Crippen molar-refractivity contribution in [3.63, 3.8) is 0 Å². The molecule has 0 saturated carbocycles. The van der Waals surface area contributed by atoms with Crippen LogP contribution in [0.25, 0.3) is 0 Å². The third-order valence-electron chi connectivity index (χ3n) is 1.88. The topological polar surface area (TPSA) is 17.1 Å². The number of carbonyl (C=O) groups excluding carboxylic acids is 1. The lowest BCUT2D eigenvalue weighted by molar-refractivity contribution is -0.127. The van der Waals surface area contributed by atoms with Crippen molar-refractivity contribution in [3.8, 4) is 0 Å². The third kappa shape index (κ3) is 4.47. The van der Waals surface area contributed by atoms with Gasteiger partial charge in [0.1, 0.15) is 0 Å². The molecule has 1 unspecified atom stereocenters. The van der Waals surface area contributed by atoms with Crippen LogP contribution in [0.4, 0.5) is 4.39 Å². The fraction of sp³-hybridized carbons (Fsp3) is 0.900. The lowest BCUT2D eigenvalue weighted by Crippen LogP contribution is -2.21. The standard InChI is InChI=1S/C10H19FO/c1-7(2)5-6-9(11)10(12)8(3)4/h7-9H,5-6H2,1-4H3. The van der Waals surface area contributed by atoms with Crippen molar-refractivity contribution in [2.75, 3.05) is 0 Å². The van der Waals surface area contributed by atoms with E-state index in [9.17, 15) is 9.18 Å². The number of ketones is 1. The minimum Gasteiger partial charge on any atom is -0.296 e. The minimum absolute atomic E-state index is 0.174. The first-order valence-corrected chi connectivity index (χ1v) is 4.63. The molecule has 0 radical (unpaired) electrons. The van der Waals surface area contributed by atoms with Gasteiger partial charge in [-0.15, -0.1) is 0 Å². The smallest absolute Gasteiger partial charge is 0.169 e. The molecule has 0 aliphatic heterocycles. The van der Waals surface area contributed by atoms with Gasteiger partial charge in [-0.3, -0.25) is 4.79 Å². The molecule has 0 fully saturated rings. The number of carbonyl (C=O) groups is 1. The van der Waals surface area contributed by atoms with Gasteiger partial charge in [0.15, 0.2) is 12.0 Å². The molecule has 0 aliphatic rings. The second kappa shape index (κ2) is 5.28. The average molecular weight is 174 g/mol. The van der Waals surface area contributed by atoms with E-state index in [1.54, 1.807) is 13.8 Å². The van der Waals surface area contributed by atoms with E-state index in [2.05, 4.69) is 0 Å². The van der Waals surface area contributed by atoms with Gasteiger partial charge in [-0.1, -0.05) is 27.7 Å². The molecule has 12 heavy (non-hydrogen) atoms. The predicted molar refractivity (Wildman–Crippen MR) is 48.8 cm³/mol. The van der Waals surface area contributed by atoms with E-state index >= 15 is 0 Å². The fourth-order valence-electron chi connectivity index (χ4n) is 0.984. The highest BCUT2D eigenvalue weighted by molar-refractivity contribution is 5.84. The van der Waals surface area contributed by atoms with Crippen LogP contribution >= 0.6 is 0 Å². The highest BCUT2D eigenvalue weighted by atomic mass is 19.1. The van der Waals surface area contributed by atoms with Crippen LogP contribution in [0.2, 0.25) is 0 Å². The highest BCUT2D eigenvalue weighted by Crippen LogP contribution is 2.13. The summed E-state index contributed by atoms with van der Waals surface area (Å²) >= 11 is 0. The average Bonchev–Trinajstić information content (AvgIpc) is 1.98. The Kier molecular flexibility index (Phi) is 5.11. The SMILES string of the molecule is CC(C)CCC(F)C(=O)C(C)C. The lowest BCUT2D eigenvalue weighted by Gasteiger charge is -2.10. The van der Waals surface area contributed by atoms with Gasteiger partial charge >= 0.3 is 0 Å². The van der Waals surface area contributed by atoms with Crippen LogP contribution < -0.4 is 0 Å². The molecule has 0 heterocycles. The van der Waals surface area contributed by atoms with Gasteiger partial charge in [0, 0.05) is 5.92 Å². The predicted octanol–water partition coefficient (Wildman–Crippen LogP) is 2.99. The summed E-state index contributed by atoms with van der Waals surface area (Å²) in [6.07, 6.45) is -0.0682. The molecule has 0 bridgehead atoms. The molecule has 0 aromatic heterocycles. The Morgan fingerprint density at radius 2 is 1.67 bits per heavy atom. The van der Waals surface area contributed by atoms with Gasteiger partial charge in [0.25, 0.3) is 0 Å². The van der Waals surface area contributed by atoms with Gasteiger partial charge in [-0.05, 0) is 18.8 Å². The van der Waals surface area contributed by atoms with Gasteiger partial charge in [0.2, 0.25) is 0 Å². The first-order valence-electron chi connectivity index (χ1n) is 4.63. The Balaban J connectivity index is 3.72. The Hall–Kier alpha value is -0.400. The molecular weight excluding hydrogens is 155 g/mol. The fourth-order valence-corrected chi connectivity index (χ4v) is 0.984. The number of hydrogen-bond donors (Lipinski definition) is 0. The van der Waals surface area contributed by atoms with E-state index < -0.39 is 6.17 Å². The van der Waals surface area contributed by atoms with E-state index in [-0.39, 0.29) is 11.7 Å². The summed E-state index contributed by atoms with van der Waals surface area (Å²) in [4.78, 5) is 11.1. The number of rotatable bonds is 5. The Labute approximate surface area is 74.4 Å². The van der Waals surface area contributed by atoms with E-state index in [0.717, 1.165) is 6.42 Å². The summed E-state index contributed by atoms with van der Waals surface area (Å²) < 4.78 is 13.1. The summed E-state index contributed by atoms with van der Waals surface area (Å²) in [5.41, 5.74) is 0. The van der Waals surface area contributed by atoms with E-state index in [1.807, 2.05) is 13.8 Å². The van der Waals surface area contributed by atoms with Crippen molar-refractivity contribution in [1.29, 1.82) is 0 Å². The van der Waals surface area contributed by atoms with Crippen molar-refractivity contribution in [1.82, 2.24) is 0 Å². The Bertz CT molecular complexity index is 141. The molecule has 2 heteroatoms. The molecule has 0 spiro atoms. The lowest BCUT2D eigenvalue weighted by atomic mass is 9.98. The zero-order valence-corrected chi connectivity index (χ0v) is 8.43. The van der Waals surface area contributed by atoms with Crippen LogP contribution in [0.1, 0.15) is 40.5 Å². The molecule has 0 aromatic rings. The largest absolute Gasteiger partial charge is 0.296 e. The van der Waals surface area contributed by atoms with E-state index in [1.165, 1.54) is 0 Å². The number of halogens is 1. The monoisotopic (exact) mass is 174 g/mol. The normalized spacial score (nSPS) is 13.9. The summed E-state index contributed by atoms with van der Waals surface area (Å²) in [5, 5.41) is 0. The van der Waals surface area contributed by atoms with E-state index in [0.29, 0.717) is 12.3 Å². The van der Waals surface area contributed by atoms with Crippen LogP contribution in [-0.2, 0) is 4.79 Å². The molecule has 1 atom stereocenters. The minimum atomic E-state index is -1.24. The Morgan fingerprint density at radius 1 is 1.17 bits per heavy atom. The molecule has 0 N–H and O–H groups in total. The number of Topliss-reactive ketones (excluding diaryl/α,β-unsaturated/α-hetero) is 1. The number of hydrogen-bond acceptors (Lipinski definition) is 1. The third-order valence-corrected chi connectivity index (χ3v) is 1.88. The van der Waals surface area contributed by atoms with E-state index in [4.69, 9.17) is 0 Å². The van der Waals surface area contributed by atoms with Crippen molar-refractivity contribution in [2.24, 2.45) is 11.8 Å². The van der Waals surface area contributed by atoms with Gasteiger partial charge in [-0.25, -0.2) is 4.39 Å². The maximum atomic E-state index is 13.1. The zero-order valence-electron chi connectivity index (χ0n) is 8.43. The van der Waals surface area contributed by atoms with Gasteiger partial charge < -0.3 is 0 Å². The van der Waals surface area contributed by atoms with Crippen LogP contribution in [0.3, 0.4) is 0 Å². The molecule has 0 rings (SSSR count). The first-order chi connectivity index (χ1) is 5.45. The van der Waals surface area contributed by atoms with Gasteiger partial charge in [-0.2, -0.15) is 0 Å². The molecule has 0 amide bonds. The molecule has 0 saturated heterocycles. The molecule has 0 aliphatic carbocycles. The molecule has 0 aromatic carbocycles. The van der Waals surface area contributed by atoms with Crippen molar-refractivity contribution in [3.05, 3.63) is 0 Å². The summed E-state index contributed by atoms with van der Waals surface area (Å²) in [5.74, 6) is 0.0472. The van der Waals surface area contributed by atoms with Crippen molar-refractivity contribution < 1.29 is 9.18 Å². The van der Waals surface area contributed by atoms with Crippen LogP contribution in [0, 0.1) is 11.8 Å². The second-order valence-electron chi connectivity index (χ2n) is 4.00. The van der Waals surface area contributed by atoms with Crippen LogP contribution in [0.15, 0.2) is 0 Å². The highest BCUT2D eigenvalue weighted by Gasteiger charge is 2.19. The molecule has 1 nitrogen and oxygen atoms in total. The summed E-state index contributed by atoms with van der Waals surface area (Å²) in [6, 6.07) is 0. The molecular formula is C10H19FO. The zero-order chi connectivity index (χ0) is 9.72. The second-order valence-corrected chi connectivity index (χ2v) is 4.00. The number of alkyl halides is 1.